The fourth-order valence-corrected chi connectivity index (χ4v) is 4.96. The summed E-state index contributed by atoms with van der Waals surface area (Å²) in [5.41, 5.74) is 4.61. The highest BCUT2D eigenvalue weighted by atomic mass is 16.5. The van der Waals surface area contributed by atoms with Crippen molar-refractivity contribution in [2.75, 3.05) is 26.8 Å². The third kappa shape index (κ3) is 5.65. The molecule has 8 nitrogen and oxygen atoms in total. The molecule has 186 valence electrons. The van der Waals surface area contributed by atoms with Gasteiger partial charge in [0, 0.05) is 32.5 Å². The van der Waals surface area contributed by atoms with Crippen LogP contribution >= 0.6 is 0 Å². The first kappa shape index (κ1) is 24.7. The van der Waals surface area contributed by atoms with Crippen LogP contribution in [0.4, 0.5) is 4.79 Å². The van der Waals surface area contributed by atoms with E-state index in [0.717, 1.165) is 41.5 Å². The van der Waals surface area contributed by atoms with Crippen LogP contribution in [0.15, 0.2) is 48.5 Å². The number of methoxy groups -OCH3 is 1. The number of hydrogen-bond acceptors (Lipinski definition) is 5. The summed E-state index contributed by atoms with van der Waals surface area (Å²) in [6, 6.07) is 16.3. The molecule has 3 N–H and O–H groups in total. The summed E-state index contributed by atoms with van der Waals surface area (Å²) < 4.78 is 10.5. The van der Waals surface area contributed by atoms with Crippen LogP contribution in [0.5, 0.6) is 0 Å². The average Bonchev–Trinajstić information content (AvgIpc) is 3.15. The number of carbonyl (C=O) groups excluding carboxylic acids is 2. The van der Waals surface area contributed by atoms with Crippen LogP contribution in [0.2, 0.25) is 0 Å². The van der Waals surface area contributed by atoms with Gasteiger partial charge in [-0.25, -0.2) is 9.59 Å². The monoisotopic (exact) mass is 480 g/mol. The molecule has 0 heterocycles. The molecule has 2 amide bonds. The smallest absolute Gasteiger partial charge is 0.407 e. The van der Waals surface area contributed by atoms with Gasteiger partial charge in [0.05, 0.1) is 5.92 Å². The molecule has 1 fully saturated rings. The second kappa shape index (κ2) is 11.4. The van der Waals surface area contributed by atoms with Crippen LogP contribution in [0.25, 0.3) is 11.1 Å². The van der Waals surface area contributed by atoms with Gasteiger partial charge in [-0.05, 0) is 41.0 Å². The van der Waals surface area contributed by atoms with Crippen molar-refractivity contribution in [3.05, 3.63) is 59.7 Å². The summed E-state index contributed by atoms with van der Waals surface area (Å²) in [5.74, 6) is -1.46. The van der Waals surface area contributed by atoms with Gasteiger partial charge in [-0.3, -0.25) is 4.79 Å². The van der Waals surface area contributed by atoms with E-state index in [9.17, 15) is 14.4 Å². The predicted octanol–water partition coefficient (Wildman–Crippen LogP) is 3.55. The lowest BCUT2D eigenvalue weighted by atomic mass is 9.75. The Morgan fingerprint density at radius 2 is 1.63 bits per heavy atom. The molecule has 0 aliphatic heterocycles. The molecular formula is C27H32N2O6. The van der Waals surface area contributed by atoms with Crippen molar-refractivity contribution in [3.63, 3.8) is 0 Å². The molecule has 35 heavy (non-hydrogen) atoms. The van der Waals surface area contributed by atoms with E-state index >= 15 is 0 Å². The number of ether oxygens (including phenoxy) is 2. The number of carbonyl (C=O) groups is 3. The van der Waals surface area contributed by atoms with Crippen molar-refractivity contribution < 1.29 is 29.0 Å². The first-order valence-corrected chi connectivity index (χ1v) is 12.1. The molecule has 2 aromatic rings. The van der Waals surface area contributed by atoms with E-state index in [-0.39, 0.29) is 49.8 Å². The fraction of sp³-hybridized carbons (Fsp3) is 0.444. The minimum Gasteiger partial charge on any atom is -0.479 e. The number of amides is 2. The third-order valence-corrected chi connectivity index (χ3v) is 7.13. The van der Waals surface area contributed by atoms with Crippen molar-refractivity contribution >= 4 is 18.0 Å². The molecule has 0 spiro atoms. The molecule has 0 saturated heterocycles. The van der Waals surface area contributed by atoms with Crippen molar-refractivity contribution in [1.82, 2.24) is 10.6 Å². The second-order valence-electron chi connectivity index (χ2n) is 9.15. The number of hydrogen-bond donors (Lipinski definition) is 3. The molecule has 2 aliphatic rings. The normalized spacial score (nSPS) is 16.4. The lowest BCUT2D eigenvalue weighted by Gasteiger charge is -2.33. The van der Waals surface area contributed by atoms with E-state index in [0.29, 0.717) is 0 Å². The standard InChI is InChI=1S/C27H32N2O6/c1-34-24(26(31)32)13-14-28-25(30)22(17-7-6-8-17)15-29-27(33)35-16-23-20-11-4-2-9-18(20)19-10-3-5-12-21(19)23/h2-5,9-12,17,22-24H,6-8,13-16H2,1H3,(H,28,30)(H,29,33)(H,31,32). The molecule has 2 unspecified atom stereocenters. The Morgan fingerprint density at radius 1 is 1.00 bits per heavy atom. The molecule has 2 aliphatic carbocycles. The minimum absolute atomic E-state index is 0.0261. The summed E-state index contributed by atoms with van der Waals surface area (Å²) in [6.45, 7) is 0.589. The van der Waals surface area contributed by atoms with E-state index in [2.05, 4.69) is 34.9 Å². The molecule has 2 aromatic carbocycles. The van der Waals surface area contributed by atoms with Crippen LogP contribution in [0.1, 0.15) is 42.7 Å². The zero-order valence-electron chi connectivity index (χ0n) is 19.9. The molecule has 4 rings (SSSR count). The summed E-state index contributed by atoms with van der Waals surface area (Å²) in [6.07, 6.45) is 1.59. The largest absolute Gasteiger partial charge is 0.479 e. The summed E-state index contributed by atoms with van der Waals surface area (Å²) in [4.78, 5) is 36.4. The Labute approximate surface area is 205 Å². The van der Waals surface area contributed by atoms with Crippen LogP contribution < -0.4 is 10.6 Å². The Bertz CT molecular complexity index is 1020. The Balaban J connectivity index is 1.29. The highest BCUT2D eigenvalue weighted by Crippen LogP contribution is 2.44. The van der Waals surface area contributed by atoms with Gasteiger partial charge in [-0.2, -0.15) is 0 Å². The molecule has 0 aromatic heterocycles. The van der Waals surface area contributed by atoms with Crippen molar-refractivity contribution in [2.45, 2.75) is 37.7 Å². The van der Waals surface area contributed by atoms with Crippen LogP contribution in [0.3, 0.4) is 0 Å². The van der Waals surface area contributed by atoms with E-state index in [1.54, 1.807) is 0 Å². The van der Waals surface area contributed by atoms with E-state index < -0.39 is 18.2 Å². The number of carboxylic acids is 1. The van der Waals surface area contributed by atoms with Crippen molar-refractivity contribution in [2.24, 2.45) is 11.8 Å². The van der Waals surface area contributed by atoms with Gasteiger partial charge in [0.25, 0.3) is 0 Å². The minimum atomic E-state index is -1.06. The lowest BCUT2D eigenvalue weighted by Crippen LogP contribution is -2.45. The van der Waals surface area contributed by atoms with Crippen molar-refractivity contribution in [3.8, 4) is 11.1 Å². The number of benzene rings is 2. The Morgan fingerprint density at radius 3 is 2.17 bits per heavy atom. The molecule has 1 saturated carbocycles. The van der Waals surface area contributed by atoms with Gasteiger partial charge in [0.2, 0.25) is 5.91 Å². The lowest BCUT2D eigenvalue weighted by molar-refractivity contribution is -0.149. The first-order valence-electron chi connectivity index (χ1n) is 12.1. The van der Waals surface area contributed by atoms with Crippen molar-refractivity contribution in [1.29, 1.82) is 0 Å². The number of fused-ring (bicyclic) bond motifs is 3. The summed E-state index contributed by atoms with van der Waals surface area (Å²) >= 11 is 0. The Hall–Kier alpha value is -3.39. The molecule has 0 bridgehead atoms. The molecule has 2 atom stereocenters. The predicted molar refractivity (Wildman–Crippen MR) is 130 cm³/mol. The third-order valence-electron chi connectivity index (χ3n) is 7.13. The fourth-order valence-electron chi connectivity index (χ4n) is 4.96. The molecule has 8 heteroatoms. The number of rotatable bonds is 11. The number of nitrogens with one attached hydrogen (secondary N) is 2. The van der Waals surface area contributed by atoms with Crippen LogP contribution in [0, 0.1) is 11.8 Å². The number of aliphatic carboxylic acids is 1. The summed E-state index contributed by atoms with van der Waals surface area (Å²) in [5, 5.41) is 14.6. The maximum Gasteiger partial charge on any atom is 0.407 e. The quantitative estimate of drug-likeness (QED) is 0.453. The van der Waals surface area contributed by atoms with E-state index in [1.807, 2.05) is 24.3 Å². The van der Waals surface area contributed by atoms with Gasteiger partial charge < -0.3 is 25.2 Å². The molecular weight excluding hydrogens is 448 g/mol. The molecule has 0 radical (unpaired) electrons. The Kier molecular flexibility index (Phi) is 8.02. The summed E-state index contributed by atoms with van der Waals surface area (Å²) in [7, 11) is 1.33. The highest BCUT2D eigenvalue weighted by Gasteiger charge is 2.33. The topological polar surface area (TPSA) is 114 Å². The van der Waals surface area contributed by atoms with E-state index in [1.165, 1.54) is 7.11 Å². The zero-order chi connectivity index (χ0) is 24.8. The zero-order valence-corrected chi connectivity index (χ0v) is 19.9. The van der Waals surface area contributed by atoms with E-state index in [4.69, 9.17) is 14.6 Å². The maximum atomic E-state index is 12.8. The SMILES string of the molecule is COC(CCNC(=O)C(CNC(=O)OCC1c2ccccc2-c2ccccc21)C1CCC1)C(=O)O. The first-order chi connectivity index (χ1) is 17.0. The maximum absolute atomic E-state index is 12.8. The van der Waals surface area contributed by atoms with Gasteiger partial charge in [0.15, 0.2) is 6.10 Å². The van der Waals surface area contributed by atoms with Gasteiger partial charge >= 0.3 is 12.1 Å². The van der Waals surface area contributed by atoms with Gasteiger partial charge in [0.1, 0.15) is 6.61 Å². The average molecular weight is 481 g/mol. The van der Waals surface area contributed by atoms with Gasteiger partial charge in [-0.15, -0.1) is 0 Å². The van der Waals surface area contributed by atoms with Crippen LogP contribution in [-0.4, -0.2) is 56.0 Å². The van der Waals surface area contributed by atoms with Gasteiger partial charge in [-0.1, -0.05) is 55.0 Å². The van der Waals surface area contributed by atoms with Crippen LogP contribution in [-0.2, 0) is 19.1 Å². The number of carboxylic acid groups (broad SMARTS) is 1. The second-order valence-corrected chi connectivity index (χ2v) is 9.15. The number of alkyl carbamates (subject to hydrolysis) is 1. The highest BCUT2D eigenvalue weighted by molar-refractivity contribution is 5.81.